The fourth-order valence-electron chi connectivity index (χ4n) is 5.14. The van der Waals surface area contributed by atoms with Gasteiger partial charge in [0.25, 0.3) is 5.69 Å². The number of benzene rings is 2. The predicted octanol–water partition coefficient (Wildman–Crippen LogP) is 5.34. The normalized spacial score (nSPS) is 23.4. The molecule has 0 spiro atoms. The molecule has 0 bridgehead atoms. The van der Waals surface area contributed by atoms with Crippen molar-refractivity contribution in [2.75, 3.05) is 0 Å². The quantitative estimate of drug-likeness (QED) is 0.253. The molecule has 184 valence electrons. The van der Waals surface area contributed by atoms with Gasteiger partial charge in [-0.2, -0.15) is 0 Å². The summed E-state index contributed by atoms with van der Waals surface area (Å²) >= 11 is 7.48. The molecule has 2 heterocycles. The number of rotatable bonds is 7. The Kier molecular flexibility index (Phi) is 6.36. The number of thiophene rings is 1. The Morgan fingerprint density at radius 2 is 1.81 bits per heavy atom. The molecule has 2 aliphatic rings. The number of halogens is 1. The highest BCUT2D eigenvalue weighted by atomic mass is 35.5. The van der Waals surface area contributed by atoms with Crippen molar-refractivity contribution >= 4 is 46.3 Å². The number of carboxylic acid groups (broad SMARTS) is 1. The number of Topliss-reactive ketones (excluding diaryl/α,β-unsaturated/α-hetero) is 1. The first-order chi connectivity index (χ1) is 17.3. The lowest BCUT2D eigenvalue weighted by molar-refractivity contribution is -0.385. The minimum Gasteiger partial charge on any atom is -0.480 e. The molecule has 8 nitrogen and oxygen atoms in total. The zero-order chi connectivity index (χ0) is 25.6. The molecule has 1 aliphatic heterocycles. The van der Waals surface area contributed by atoms with Crippen LogP contribution >= 0.6 is 22.9 Å². The number of hydrogen-bond donors (Lipinski definition) is 1. The number of aliphatic carboxylic acids is 1. The average Bonchev–Trinajstić information content (AvgIpc) is 3.44. The molecular formula is C26H21ClN2O6S. The standard InChI is InChI=1S/C26H21ClN2O6S/c27-17-6-1-5-16(12-17)24(30)21-20(19-8-3-11-36-19)23(26(32)33)28(25(31)14-9-10-14)22(21)15-4-2-7-18(13-15)29(34)35/h1-8,11-14,20-23H,9-10H2,(H,32,33). The fourth-order valence-corrected chi connectivity index (χ4v) is 6.24. The molecule has 2 aromatic carbocycles. The number of carbonyl (C=O) groups is 3. The van der Waals surface area contributed by atoms with Crippen LogP contribution in [0.5, 0.6) is 0 Å². The van der Waals surface area contributed by atoms with Gasteiger partial charge in [-0.25, -0.2) is 4.79 Å². The zero-order valence-corrected chi connectivity index (χ0v) is 20.4. The first kappa shape index (κ1) is 24.1. The lowest BCUT2D eigenvalue weighted by Crippen LogP contribution is -2.44. The molecule has 36 heavy (non-hydrogen) atoms. The summed E-state index contributed by atoms with van der Waals surface area (Å²) < 4.78 is 0. The molecule has 1 saturated heterocycles. The summed E-state index contributed by atoms with van der Waals surface area (Å²) in [7, 11) is 0. The average molecular weight is 525 g/mol. The number of carbonyl (C=O) groups excluding carboxylic acids is 2. The van der Waals surface area contributed by atoms with Crippen LogP contribution in [0.3, 0.4) is 0 Å². The third kappa shape index (κ3) is 4.29. The molecular weight excluding hydrogens is 504 g/mol. The van der Waals surface area contributed by atoms with Crippen LogP contribution < -0.4 is 0 Å². The van der Waals surface area contributed by atoms with Gasteiger partial charge in [-0.05, 0) is 42.0 Å². The SMILES string of the molecule is O=C(c1cccc(Cl)c1)C1C(c2cccs2)C(C(=O)O)N(C(=O)C2CC2)C1c1cccc([N+](=O)[O-])c1. The van der Waals surface area contributed by atoms with Gasteiger partial charge < -0.3 is 10.0 Å². The Bertz CT molecular complexity index is 1360. The molecule has 1 saturated carbocycles. The third-order valence-electron chi connectivity index (χ3n) is 6.81. The van der Waals surface area contributed by atoms with Crippen molar-refractivity contribution in [1.29, 1.82) is 0 Å². The summed E-state index contributed by atoms with van der Waals surface area (Å²) in [6, 6.07) is 13.3. The summed E-state index contributed by atoms with van der Waals surface area (Å²) in [5.74, 6) is -4.10. The number of carboxylic acids is 1. The number of nitrogens with zero attached hydrogens (tertiary/aromatic N) is 2. The molecule has 10 heteroatoms. The van der Waals surface area contributed by atoms with Crippen LogP contribution in [0, 0.1) is 22.0 Å². The summed E-state index contributed by atoms with van der Waals surface area (Å²) in [5.41, 5.74) is 0.435. The summed E-state index contributed by atoms with van der Waals surface area (Å²) in [4.78, 5) is 53.4. The zero-order valence-electron chi connectivity index (χ0n) is 18.8. The Labute approximate surface area is 215 Å². The largest absolute Gasteiger partial charge is 0.480 e. The second-order valence-electron chi connectivity index (χ2n) is 9.04. The van der Waals surface area contributed by atoms with Crippen molar-refractivity contribution in [2.45, 2.75) is 30.8 Å². The van der Waals surface area contributed by atoms with E-state index in [1.54, 1.807) is 41.8 Å². The Morgan fingerprint density at radius 3 is 2.42 bits per heavy atom. The topological polar surface area (TPSA) is 118 Å². The monoisotopic (exact) mass is 524 g/mol. The Hall–Kier alpha value is -3.56. The molecule has 3 aromatic rings. The molecule has 1 aromatic heterocycles. The number of nitro groups is 1. The number of likely N-dealkylation sites (tertiary alicyclic amines) is 1. The van der Waals surface area contributed by atoms with E-state index < -0.39 is 34.8 Å². The lowest BCUT2D eigenvalue weighted by Gasteiger charge is -2.30. The van der Waals surface area contributed by atoms with Crippen LogP contribution in [0.2, 0.25) is 5.02 Å². The van der Waals surface area contributed by atoms with Crippen molar-refractivity contribution in [3.8, 4) is 0 Å². The van der Waals surface area contributed by atoms with Crippen molar-refractivity contribution in [1.82, 2.24) is 4.90 Å². The van der Waals surface area contributed by atoms with Gasteiger partial charge >= 0.3 is 5.97 Å². The minimum atomic E-state index is -1.31. The molecule has 0 radical (unpaired) electrons. The highest BCUT2D eigenvalue weighted by Gasteiger charge is 2.59. The molecule has 2 fully saturated rings. The number of nitro benzene ring substituents is 1. The maximum atomic E-state index is 14.1. The summed E-state index contributed by atoms with van der Waals surface area (Å²) in [5, 5.41) is 24.1. The van der Waals surface area contributed by atoms with Gasteiger partial charge in [0.1, 0.15) is 6.04 Å². The van der Waals surface area contributed by atoms with Gasteiger partial charge in [0.15, 0.2) is 5.78 Å². The van der Waals surface area contributed by atoms with Crippen LogP contribution in [0.25, 0.3) is 0 Å². The summed E-state index contributed by atoms with van der Waals surface area (Å²) in [6.45, 7) is 0. The van der Waals surface area contributed by atoms with E-state index in [1.807, 2.05) is 0 Å². The number of ketones is 1. The van der Waals surface area contributed by atoms with Crippen molar-refractivity contribution in [3.63, 3.8) is 0 Å². The van der Waals surface area contributed by atoms with Gasteiger partial charge in [0, 0.05) is 39.4 Å². The first-order valence-corrected chi connectivity index (χ1v) is 12.7. The number of non-ortho nitro benzene ring substituents is 1. The Balaban J connectivity index is 1.75. The lowest BCUT2D eigenvalue weighted by atomic mass is 9.78. The molecule has 4 unspecified atom stereocenters. The minimum absolute atomic E-state index is 0.202. The van der Waals surface area contributed by atoms with Crippen LogP contribution in [0.1, 0.15) is 45.6 Å². The van der Waals surface area contributed by atoms with Gasteiger partial charge in [-0.15, -0.1) is 11.3 Å². The fraction of sp³-hybridized carbons (Fsp3) is 0.269. The molecule has 5 rings (SSSR count). The highest BCUT2D eigenvalue weighted by Crippen LogP contribution is 2.54. The van der Waals surface area contributed by atoms with Crippen LogP contribution in [0.15, 0.2) is 66.0 Å². The smallest absolute Gasteiger partial charge is 0.327 e. The second kappa shape index (κ2) is 9.48. The van der Waals surface area contributed by atoms with E-state index in [0.717, 1.165) is 0 Å². The molecule has 4 atom stereocenters. The van der Waals surface area contributed by atoms with E-state index in [2.05, 4.69) is 0 Å². The van der Waals surface area contributed by atoms with Gasteiger partial charge in [-0.1, -0.05) is 41.9 Å². The highest BCUT2D eigenvalue weighted by molar-refractivity contribution is 7.10. The van der Waals surface area contributed by atoms with E-state index in [9.17, 15) is 29.6 Å². The first-order valence-electron chi connectivity index (χ1n) is 11.4. The molecule has 1 N–H and O–H groups in total. The molecule has 1 amide bonds. The van der Waals surface area contributed by atoms with E-state index in [1.165, 1.54) is 40.5 Å². The van der Waals surface area contributed by atoms with Crippen molar-refractivity contribution < 1.29 is 24.4 Å². The number of hydrogen-bond acceptors (Lipinski definition) is 6. The van der Waals surface area contributed by atoms with Crippen LogP contribution in [-0.2, 0) is 9.59 Å². The van der Waals surface area contributed by atoms with Crippen molar-refractivity contribution in [2.24, 2.45) is 11.8 Å². The third-order valence-corrected chi connectivity index (χ3v) is 8.02. The molecule has 1 aliphatic carbocycles. The Morgan fingerprint density at radius 1 is 1.06 bits per heavy atom. The van der Waals surface area contributed by atoms with Gasteiger partial charge in [-0.3, -0.25) is 19.7 Å². The van der Waals surface area contributed by atoms with E-state index >= 15 is 0 Å². The van der Waals surface area contributed by atoms with Crippen molar-refractivity contribution in [3.05, 3.63) is 97.2 Å². The summed E-state index contributed by atoms with van der Waals surface area (Å²) in [6.07, 6.45) is 1.28. The van der Waals surface area contributed by atoms with E-state index in [-0.39, 0.29) is 28.9 Å². The van der Waals surface area contributed by atoms with Crippen LogP contribution in [0.4, 0.5) is 5.69 Å². The van der Waals surface area contributed by atoms with Crippen LogP contribution in [-0.4, -0.2) is 38.6 Å². The predicted molar refractivity (Wildman–Crippen MR) is 133 cm³/mol. The maximum absolute atomic E-state index is 14.1. The maximum Gasteiger partial charge on any atom is 0.327 e. The van der Waals surface area contributed by atoms with E-state index in [4.69, 9.17) is 11.6 Å². The van der Waals surface area contributed by atoms with Gasteiger partial charge in [0.05, 0.1) is 16.9 Å². The van der Waals surface area contributed by atoms with E-state index in [0.29, 0.717) is 28.3 Å². The van der Waals surface area contributed by atoms with Gasteiger partial charge in [0.2, 0.25) is 5.91 Å². The number of amides is 1. The second-order valence-corrected chi connectivity index (χ2v) is 10.5.